The summed E-state index contributed by atoms with van der Waals surface area (Å²) in [6, 6.07) is -1.51. The van der Waals surface area contributed by atoms with Crippen molar-refractivity contribution in [2.45, 2.75) is 63.4 Å². The first kappa shape index (κ1) is 16.9. The molecule has 1 aromatic heterocycles. The Labute approximate surface area is 137 Å². The van der Waals surface area contributed by atoms with Crippen LogP contribution in [0.5, 0.6) is 0 Å². The van der Waals surface area contributed by atoms with Gasteiger partial charge in [-0.3, -0.25) is 0 Å². The number of nitrogens with zero attached hydrogens (tertiary/aromatic N) is 3. The number of allylic oxidation sites excluding steroid dienone is 1. The first-order valence-electron chi connectivity index (χ1n) is 8.06. The number of aliphatic hydroxyl groups excluding tert-OH is 1. The Morgan fingerprint density at radius 1 is 1.17 bits per heavy atom. The molecule has 0 amide bonds. The number of alkyl halides is 3. The van der Waals surface area contributed by atoms with Crippen LogP contribution in [0.1, 0.15) is 44.9 Å². The van der Waals surface area contributed by atoms with E-state index in [0.29, 0.717) is 18.7 Å². The van der Waals surface area contributed by atoms with Crippen molar-refractivity contribution >= 4 is 17.5 Å². The van der Waals surface area contributed by atoms with Crippen molar-refractivity contribution in [3.63, 3.8) is 0 Å². The molecule has 1 fully saturated rings. The summed E-state index contributed by atoms with van der Waals surface area (Å²) in [5.41, 5.74) is 0.734. The first-order chi connectivity index (χ1) is 11.3. The fraction of sp³-hybridized carbons (Fsp3) is 0.667. The number of aromatic nitrogens is 3. The summed E-state index contributed by atoms with van der Waals surface area (Å²) in [7, 11) is 0. The molecule has 0 radical (unpaired) electrons. The lowest BCUT2D eigenvalue weighted by Gasteiger charge is -2.19. The second-order valence-corrected chi connectivity index (χ2v) is 6.28. The van der Waals surface area contributed by atoms with E-state index in [-0.39, 0.29) is 17.9 Å². The summed E-state index contributed by atoms with van der Waals surface area (Å²) in [5.74, 6) is 0.457. The number of nitrogens with one attached hydrogen (secondary N) is 2. The second-order valence-electron chi connectivity index (χ2n) is 6.28. The molecule has 1 aromatic rings. The van der Waals surface area contributed by atoms with Crippen LogP contribution >= 0.6 is 0 Å². The summed E-state index contributed by atoms with van der Waals surface area (Å²) in [6.07, 6.45) is 0.806. The third-order valence-corrected chi connectivity index (χ3v) is 4.01. The van der Waals surface area contributed by atoms with Crippen LogP contribution in [0.4, 0.5) is 25.1 Å². The average Bonchev–Trinajstić information content (AvgIpc) is 3.30. The molecule has 132 valence electrons. The van der Waals surface area contributed by atoms with E-state index in [1.54, 1.807) is 6.08 Å². The summed E-state index contributed by atoms with van der Waals surface area (Å²) < 4.78 is 38.3. The molecule has 0 aromatic carbocycles. The number of rotatable bonds is 5. The standard InChI is InChI=1S/C15H20F3N5O/c1-8(15(16,17)18)19-13-21-12(9-3-2-4-11(24)7-9)22-14(23-13)20-10-5-6-10/h7-8,10-11,24H,2-6H2,1H3,(H2,19,20,21,22,23)/t8-,11?/m1/s1. The molecular formula is C15H20F3N5O. The van der Waals surface area contributed by atoms with Gasteiger partial charge in [-0.15, -0.1) is 0 Å². The third kappa shape index (κ3) is 4.34. The van der Waals surface area contributed by atoms with Gasteiger partial charge >= 0.3 is 6.18 Å². The molecular weight excluding hydrogens is 323 g/mol. The Morgan fingerprint density at radius 3 is 2.50 bits per heavy atom. The first-order valence-corrected chi connectivity index (χ1v) is 8.06. The van der Waals surface area contributed by atoms with Gasteiger partial charge in [0.25, 0.3) is 0 Å². The van der Waals surface area contributed by atoms with Gasteiger partial charge in [-0.25, -0.2) is 0 Å². The van der Waals surface area contributed by atoms with Gasteiger partial charge < -0.3 is 15.7 Å². The molecule has 24 heavy (non-hydrogen) atoms. The van der Waals surface area contributed by atoms with Crippen LogP contribution in [0.3, 0.4) is 0 Å². The number of anilines is 2. The molecule has 1 heterocycles. The highest BCUT2D eigenvalue weighted by Crippen LogP contribution is 2.28. The van der Waals surface area contributed by atoms with Crippen LogP contribution in [0.15, 0.2) is 6.08 Å². The topological polar surface area (TPSA) is 83.0 Å². The van der Waals surface area contributed by atoms with Crippen LogP contribution in [-0.2, 0) is 0 Å². The van der Waals surface area contributed by atoms with E-state index in [4.69, 9.17) is 0 Å². The van der Waals surface area contributed by atoms with Crippen LogP contribution in [0, 0.1) is 0 Å². The monoisotopic (exact) mass is 343 g/mol. The minimum atomic E-state index is -4.39. The van der Waals surface area contributed by atoms with E-state index in [1.807, 2.05) is 0 Å². The van der Waals surface area contributed by atoms with Crippen LogP contribution in [0.2, 0.25) is 0 Å². The zero-order valence-electron chi connectivity index (χ0n) is 13.3. The van der Waals surface area contributed by atoms with Crippen LogP contribution in [0.25, 0.3) is 5.57 Å². The number of hydrogen-bond acceptors (Lipinski definition) is 6. The van der Waals surface area contributed by atoms with E-state index in [1.165, 1.54) is 0 Å². The average molecular weight is 343 g/mol. The van der Waals surface area contributed by atoms with Crippen molar-refractivity contribution in [1.82, 2.24) is 15.0 Å². The lowest BCUT2D eigenvalue weighted by Crippen LogP contribution is -2.34. The largest absolute Gasteiger partial charge is 0.408 e. The maximum absolute atomic E-state index is 12.8. The zero-order valence-corrected chi connectivity index (χ0v) is 13.3. The highest BCUT2D eigenvalue weighted by Gasteiger charge is 2.36. The van der Waals surface area contributed by atoms with Gasteiger partial charge in [0.1, 0.15) is 6.04 Å². The Hall–Kier alpha value is -1.90. The molecule has 9 heteroatoms. The van der Waals surface area contributed by atoms with Gasteiger partial charge in [0.15, 0.2) is 5.82 Å². The minimum absolute atomic E-state index is 0.117. The summed E-state index contributed by atoms with van der Waals surface area (Å²) in [6.45, 7) is 1.01. The minimum Gasteiger partial charge on any atom is -0.389 e. The lowest BCUT2D eigenvalue weighted by atomic mass is 9.97. The van der Waals surface area contributed by atoms with Gasteiger partial charge in [-0.1, -0.05) is 0 Å². The summed E-state index contributed by atoms with van der Waals surface area (Å²) in [4.78, 5) is 12.5. The molecule has 1 unspecified atom stereocenters. The maximum atomic E-state index is 12.8. The van der Waals surface area contributed by atoms with Crippen LogP contribution in [-0.4, -0.2) is 44.4 Å². The van der Waals surface area contributed by atoms with Crippen molar-refractivity contribution in [2.75, 3.05) is 10.6 Å². The van der Waals surface area contributed by atoms with Gasteiger partial charge in [0.2, 0.25) is 11.9 Å². The van der Waals surface area contributed by atoms with Crippen molar-refractivity contribution in [3.8, 4) is 0 Å². The second kappa shape index (κ2) is 6.54. The van der Waals surface area contributed by atoms with E-state index >= 15 is 0 Å². The fourth-order valence-corrected chi connectivity index (χ4v) is 2.42. The molecule has 6 nitrogen and oxygen atoms in total. The molecule has 0 aliphatic heterocycles. The van der Waals surface area contributed by atoms with E-state index in [9.17, 15) is 18.3 Å². The van der Waals surface area contributed by atoms with Crippen molar-refractivity contribution < 1.29 is 18.3 Å². The number of aliphatic hydroxyl groups is 1. The molecule has 2 aliphatic carbocycles. The zero-order chi connectivity index (χ0) is 17.3. The Bertz CT molecular complexity index is 630. The van der Waals surface area contributed by atoms with Crippen molar-refractivity contribution in [1.29, 1.82) is 0 Å². The predicted octanol–water partition coefficient (Wildman–Crippen LogP) is 2.74. The predicted molar refractivity (Wildman–Crippen MR) is 83.4 cm³/mol. The van der Waals surface area contributed by atoms with E-state index < -0.39 is 18.3 Å². The summed E-state index contributed by atoms with van der Waals surface area (Å²) in [5, 5.41) is 15.1. The van der Waals surface area contributed by atoms with Gasteiger partial charge in [-0.2, -0.15) is 28.1 Å². The van der Waals surface area contributed by atoms with Gasteiger partial charge in [-0.05, 0) is 50.7 Å². The fourth-order valence-electron chi connectivity index (χ4n) is 2.42. The quantitative estimate of drug-likeness (QED) is 0.762. The van der Waals surface area contributed by atoms with Crippen LogP contribution < -0.4 is 10.6 Å². The molecule has 2 atom stereocenters. The molecule has 2 aliphatic rings. The third-order valence-electron chi connectivity index (χ3n) is 4.01. The maximum Gasteiger partial charge on any atom is 0.408 e. The number of hydrogen-bond donors (Lipinski definition) is 3. The molecule has 0 spiro atoms. The Kier molecular flexibility index (Phi) is 4.62. The Morgan fingerprint density at radius 2 is 1.88 bits per heavy atom. The van der Waals surface area contributed by atoms with Crippen molar-refractivity contribution in [3.05, 3.63) is 11.9 Å². The smallest absolute Gasteiger partial charge is 0.389 e. The molecule has 0 bridgehead atoms. The van der Waals surface area contributed by atoms with Gasteiger partial charge in [0.05, 0.1) is 6.10 Å². The molecule has 1 saturated carbocycles. The van der Waals surface area contributed by atoms with E-state index in [0.717, 1.165) is 31.8 Å². The molecule has 3 N–H and O–H groups in total. The molecule has 0 saturated heterocycles. The highest BCUT2D eigenvalue weighted by atomic mass is 19.4. The Balaban J connectivity index is 1.88. The lowest BCUT2D eigenvalue weighted by molar-refractivity contribution is -0.138. The summed E-state index contributed by atoms with van der Waals surface area (Å²) >= 11 is 0. The van der Waals surface area contributed by atoms with E-state index in [2.05, 4.69) is 25.6 Å². The van der Waals surface area contributed by atoms with Gasteiger partial charge in [0, 0.05) is 6.04 Å². The SMILES string of the molecule is C[C@@H](Nc1nc(NC2CC2)nc(C2=CC(O)CCC2)n1)C(F)(F)F. The number of halogens is 3. The highest BCUT2D eigenvalue weighted by molar-refractivity contribution is 5.63. The molecule has 3 rings (SSSR count). The van der Waals surface area contributed by atoms with Crippen molar-refractivity contribution in [2.24, 2.45) is 0 Å². The normalized spacial score (nSPS) is 22.7.